The van der Waals surface area contributed by atoms with Crippen LogP contribution in [0, 0.1) is 17.8 Å². The van der Waals surface area contributed by atoms with E-state index >= 15 is 0 Å². The van der Waals surface area contributed by atoms with E-state index in [0.29, 0.717) is 5.92 Å². The Labute approximate surface area is 204 Å². The van der Waals surface area contributed by atoms with Gasteiger partial charge in [-0.3, -0.25) is 0 Å². The fraction of sp³-hybridized carbons (Fsp3) is 0.438. The molecule has 0 aliphatic rings. The molecule has 0 amide bonds. The average molecular weight is 460 g/mol. The first kappa shape index (κ1) is 25.7. The molecule has 3 aromatic carbocycles. The molecular formula is C32H44P+. The third-order valence-corrected chi connectivity index (χ3v) is 11.8. The normalized spacial score (nSPS) is 13.7. The van der Waals surface area contributed by atoms with Crippen LogP contribution in [0.4, 0.5) is 0 Å². The van der Waals surface area contributed by atoms with Gasteiger partial charge in [-0.05, 0) is 60.6 Å². The van der Waals surface area contributed by atoms with Crippen LogP contribution in [0.5, 0.6) is 0 Å². The Morgan fingerprint density at radius 2 is 0.848 bits per heavy atom. The Balaban J connectivity index is 1.79. The molecule has 0 fully saturated rings. The van der Waals surface area contributed by atoms with Gasteiger partial charge in [0, 0.05) is 0 Å². The fourth-order valence-electron chi connectivity index (χ4n) is 5.20. The molecule has 1 heteroatoms. The molecule has 0 heterocycles. The monoisotopic (exact) mass is 459 g/mol. The molecule has 0 radical (unpaired) electrons. The summed E-state index contributed by atoms with van der Waals surface area (Å²) in [6.45, 7) is 9.63. The number of rotatable bonds is 13. The molecule has 0 saturated carbocycles. The topological polar surface area (TPSA) is 0 Å². The third kappa shape index (κ3) is 7.28. The van der Waals surface area contributed by atoms with Crippen molar-refractivity contribution in [3.05, 3.63) is 91.0 Å². The van der Waals surface area contributed by atoms with Crippen LogP contribution in [0.25, 0.3) is 0 Å². The first-order valence-corrected chi connectivity index (χ1v) is 15.0. The van der Waals surface area contributed by atoms with Crippen molar-refractivity contribution in [1.82, 2.24) is 0 Å². The predicted molar refractivity (Wildman–Crippen MR) is 151 cm³/mol. The van der Waals surface area contributed by atoms with Crippen molar-refractivity contribution in [1.29, 1.82) is 0 Å². The zero-order valence-corrected chi connectivity index (χ0v) is 22.2. The highest BCUT2D eigenvalue weighted by atomic mass is 31.2. The van der Waals surface area contributed by atoms with Gasteiger partial charge in [0.1, 0.15) is 23.2 Å². The number of hydrogen-bond acceptors (Lipinski definition) is 0. The molecule has 0 unspecified atom stereocenters. The Morgan fingerprint density at radius 3 is 1.24 bits per heavy atom. The zero-order chi connectivity index (χ0) is 23.5. The highest BCUT2D eigenvalue weighted by Gasteiger charge is 2.45. The lowest BCUT2D eigenvalue weighted by Crippen LogP contribution is -2.35. The van der Waals surface area contributed by atoms with E-state index < -0.39 is 7.26 Å². The molecule has 3 rings (SSSR count). The smallest absolute Gasteiger partial charge is 0.0628 e. The molecule has 33 heavy (non-hydrogen) atoms. The van der Waals surface area contributed by atoms with E-state index in [4.69, 9.17) is 0 Å². The predicted octanol–water partition coefficient (Wildman–Crippen LogP) is 8.25. The second-order valence-corrected chi connectivity index (χ2v) is 14.0. The Morgan fingerprint density at radius 1 is 0.485 bits per heavy atom. The van der Waals surface area contributed by atoms with Crippen LogP contribution in [0.1, 0.15) is 66.2 Å². The lowest BCUT2D eigenvalue weighted by Gasteiger charge is -2.30. The van der Waals surface area contributed by atoms with Gasteiger partial charge in [-0.2, -0.15) is 0 Å². The molecular weight excluding hydrogens is 415 g/mol. The average Bonchev–Trinajstić information content (AvgIpc) is 2.84. The third-order valence-electron chi connectivity index (χ3n) is 7.05. The largest absolute Gasteiger partial charge is 0.112 e. The van der Waals surface area contributed by atoms with E-state index in [1.165, 1.54) is 60.6 Å². The maximum atomic E-state index is 2.49. The molecule has 0 bridgehead atoms. The van der Waals surface area contributed by atoms with Crippen LogP contribution in [-0.2, 0) is 0 Å². The van der Waals surface area contributed by atoms with Gasteiger partial charge < -0.3 is 0 Å². The second kappa shape index (κ2) is 13.1. The molecule has 3 aromatic rings. The Kier molecular flexibility index (Phi) is 10.2. The van der Waals surface area contributed by atoms with Crippen molar-refractivity contribution in [2.24, 2.45) is 17.8 Å². The molecule has 0 N–H and O–H groups in total. The first-order chi connectivity index (χ1) is 16.0. The summed E-state index contributed by atoms with van der Waals surface area (Å²) in [6, 6.07) is 34.0. The van der Waals surface area contributed by atoms with Crippen molar-refractivity contribution in [2.45, 2.75) is 66.2 Å². The summed E-state index contributed by atoms with van der Waals surface area (Å²) >= 11 is 0. The molecule has 0 saturated heterocycles. The summed E-state index contributed by atoms with van der Waals surface area (Å²) in [5.74, 6) is 2.39. The molecule has 0 aliphatic carbocycles. The van der Waals surface area contributed by atoms with Crippen LogP contribution in [-0.4, -0.2) is 6.16 Å². The van der Waals surface area contributed by atoms with E-state index in [-0.39, 0.29) is 0 Å². The fourth-order valence-corrected chi connectivity index (χ4v) is 9.89. The first-order valence-electron chi connectivity index (χ1n) is 13.1. The van der Waals surface area contributed by atoms with Gasteiger partial charge in [0.2, 0.25) is 0 Å². The minimum atomic E-state index is -1.70. The molecule has 176 valence electrons. The lowest BCUT2D eigenvalue weighted by molar-refractivity contribution is 0.408. The Bertz CT molecular complexity index is 804. The zero-order valence-electron chi connectivity index (χ0n) is 21.3. The number of hydrogen-bond donors (Lipinski definition) is 0. The van der Waals surface area contributed by atoms with Crippen molar-refractivity contribution < 1.29 is 0 Å². The van der Waals surface area contributed by atoms with E-state index in [9.17, 15) is 0 Å². The van der Waals surface area contributed by atoms with Gasteiger partial charge in [0.05, 0.1) is 6.16 Å². The van der Waals surface area contributed by atoms with Gasteiger partial charge in [0.15, 0.2) is 0 Å². The summed E-state index contributed by atoms with van der Waals surface area (Å²) < 4.78 is 0. The van der Waals surface area contributed by atoms with Crippen LogP contribution < -0.4 is 15.9 Å². The van der Waals surface area contributed by atoms with Crippen LogP contribution in [0.2, 0.25) is 0 Å². The van der Waals surface area contributed by atoms with Gasteiger partial charge in [-0.1, -0.05) is 114 Å². The van der Waals surface area contributed by atoms with E-state index in [2.05, 4.69) is 119 Å². The maximum Gasteiger partial charge on any atom is 0.112 e. The standard InChI is InChI=1S/C32H44P/c1-27(2)16-14-17-28(3)18-15-19-29(4)26-33(30-20-8-5-9-21-30,31-22-10-6-11-23-31)32-24-12-7-13-25-32/h5-13,20-25,27-29H,14-19,26H2,1-4H3/q+1/t28-,29-/m1/s1. The quantitative estimate of drug-likeness (QED) is 0.226. The van der Waals surface area contributed by atoms with E-state index in [1.807, 2.05) is 0 Å². The highest BCUT2D eigenvalue weighted by Crippen LogP contribution is 2.57. The lowest BCUT2D eigenvalue weighted by atomic mass is 9.94. The SMILES string of the molecule is CC(C)CCC[C@@H](C)CCC[C@@H](C)C[P+](c1ccccc1)(c1ccccc1)c1ccccc1. The summed E-state index contributed by atoms with van der Waals surface area (Å²) in [6.07, 6.45) is 9.44. The number of benzene rings is 3. The molecule has 0 spiro atoms. The van der Waals surface area contributed by atoms with Crippen molar-refractivity contribution >= 4 is 23.2 Å². The summed E-state index contributed by atoms with van der Waals surface area (Å²) in [5, 5.41) is 4.53. The van der Waals surface area contributed by atoms with Crippen molar-refractivity contribution in [3.8, 4) is 0 Å². The van der Waals surface area contributed by atoms with Gasteiger partial charge in [-0.15, -0.1) is 0 Å². The molecule has 0 aliphatic heterocycles. The van der Waals surface area contributed by atoms with Gasteiger partial charge >= 0.3 is 0 Å². The van der Waals surface area contributed by atoms with Crippen LogP contribution in [0.15, 0.2) is 91.0 Å². The summed E-state index contributed by atoms with van der Waals surface area (Å²) in [7, 11) is -1.70. The molecule has 0 nitrogen and oxygen atoms in total. The maximum absolute atomic E-state index is 2.49. The second-order valence-electron chi connectivity index (χ2n) is 10.5. The van der Waals surface area contributed by atoms with E-state index in [1.54, 1.807) is 0 Å². The Hall–Kier alpha value is -1.91. The summed E-state index contributed by atoms with van der Waals surface area (Å²) in [5.41, 5.74) is 0. The van der Waals surface area contributed by atoms with Crippen molar-refractivity contribution in [2.75, 3.05) is 6.16 Å². The molecule has 0 aromatic heterocycles. The minimum absolute atomic E-state index is 0.696. The van der Waals surface area contributed by atoms with Crippen LogP contribution in [0.3, 0.4) is 0 Å². The van der Waals surface area contributed by atoms with Gasteiger partial charge in [-0.25, -0.2) is 0 Å². The van der Waals surface area contributed by atoms with E-state index in [0.717, 1.165) is 11.8 Å². The minimum Gasteiger partial charge on any atom is -0.0628 e. The molecule has 2 atom stereocenters. The van der Waals surface area contributed by atoms with Crippen molar-refractivity contribution in [3.63, 3.8) is 0 Å². The van der Waals surface area contributed by atoms with Crippen LogP contribution >= 0.6 is 7.26 Å². The highest BCUT2D eigenvalue weighted by molar-refractivity contribution is 7.95. The van der Waals surface area contributed by atoms with Gasteiger partial charge in [0.25, 0.3) is 0 Å². The summed E-state index contributed by atoms with van der Waals surface area (Å²) in [4.78, 5) is 0.